The Morgan fingerprint density at radius 1 is 1.25 bits per heavy atom. The van der Waals surface area contributed by atoms with Crippen LogP contribution in [0.4, 0.5) is 0 Å². The van der Waals surface area contributed by atoms with E-state index >= 15 is 0 Å². The molecule has 0 aromatic heterocycles. The van der Waals surface area contributed by atoms with Crippen LogP contribution in [0.15, 0.2) is 35.5 Å². The highest BCUT2D eigenvalue weighted by molar-refractivity contribution is 5.30. The minimum atomic E-state index is 0.703. The first kappa shape index (κ1) is 15.2. The summed E-state index contributed by atoms with van der Waals surface area (Å²) in [6.07, 6.45) is 9.06. The Morgan fingerprint density at radius 3 is 2.31 bits per heavy atom. The molecule has 0 amide bonds. The molecule has 0 fully saturated rings. The molecule has 0 saturated carbocycles. The van der Waals surface area contributed by atoms with Crippen molar-refractivity contribution >= 4 is 0 Å². The zero-order valence-corrected chi connectivity index (χ0v) is 11.8. The van der Waals surface area contributed by atoms with Gasteiger partial charge in [-0.1, -0.05) is 50.5 Å². The van der Waals surface area contributed by atoms with E-state index in [0.717, 1.165) is 12.8 Å². The van der Waals surface area contributed by atoms with Gasteiger partial charge in [0.1, 0.15) is 0 Å². The minimum Gasteiger partial charge on any atom is -0.103 e. The predicted octanol–water partition coefficient (Wildman–Crippen LogP) is 5.67. The van der Waals surface area contributed by atoms with Crippen molar-refractivity contribution in [3.8, 4) is 0 Å². The first-order chi connectivity index (χ1) is 7.56. The maximum atomic E-state index is 3.84. The Morgan fingerprint density at radius 2 is 1.88 bits per heavy atom. The molecule has 92 valence electrons. The highest BCUT2D eigenvalue weighted by Gasteiger charge is 2.04. The molecule has 0 heterocycles. The molecule has 0 aromatic rings. The lowest BCUT2D eigenvalue weighted by molar-refractivity contribution is 0.601. The molecule has 0 aliphatic heterocycles. The Labute approximate surface area is 102 Å². The lowest BCUT2D eigenvalue weighted by Gasteiger charge is -2.13. The van der Waals surface area contributed by atoms with E-state index in [1.807, 2.05) is 6.08 Å². The van der Waals surface area contributed by atoms with Gasteiger partial charge in [0.05, 0.1) is 0 Å². The van der Waals surface area contributed by atoms with Gasteiger partial charge in [-0.15, -0.1) is 6.58 Å². The van der Waals surface area contributed by atoms with Crippen molar-refractivity contribution in [1.82, 2.24) is 0 Å². The van der Waals surface area contributed by atoms with Crippen molar-refractivity contribution in [2.75, 3.05) is 0 Å². The van der Waals surface area contributed by atoms with E-state index in [2.05, 4.69) is 47.3 Å². The third-order valence-corrected chi connectivity index (χ3v) is 3.34. The molecule has 0 radical (unpaired) electrons. The highest BCUT2D eigenvalue weighted by atomic mass is 14.1. The van der Waals surface area contributed by atoms with Crippen LogP contribution in [0.25, 0.3) is 0 Å². The minimum absolute atomic E-state index is 0.703. The first-order valence-corrected chi connectivity index (χ1v) is 6.54. The summed E-state index contributed by atoms with van der Waals surface area (Å²) in [5.41, 5.74) is 4.45. The van der Waals surface area contributed by atoms with Crippen LogP contribution >= 0.6 is 0 Å². The second-order valence-electron chi connectivity index (χ2n) is 4.73. The summed E-state index contributed by atoms with van der Waals surface area (Å²) >= 11 is 0. The Hall–Kier alpha value is -0.780. The maximum Gasteiger partial charge on any atom is -0.0101 e. The highest BCUT2D eigenvalue weighted by Crippen LogP contribution is 2.21. The Kier molecular flexibility index (Phi) is 7.97. The molecule has 1 unspecified atom stereocenters. The standard InChI is InChI=1S/C16H28/c1-7-10-14(5)15(6)12-16(11-8-2)13(4)9-3/h8,12,14H,2,7,9-11H2,1,3-6H3. The van der Waals surface area contributed by atoms with Gasteiger partial charge in [-0.3, -0.25) is 0 Å². The quantitative estimate of drug-likeness (QED) is 0.383. The van der Waals surface area contributed by atoms with Crippen LogP contribution in [0, 0.1) is 5.92 Å². The van der Waals surface area contributed by atoms with E-state index in [9.17, 15) is 0 Å². The van der Waals surface area contributed by atoms with Crippen LogP contribution in [0.3, 0.4) is 0 Å². The van der Waals surface area contributed by atoms with E-state index in [4.69, 9.17) is 0 Å². The smallest absolute Gasteiger partial charge is 0.0101 e. The zero-order chi connectivity index (χ0) is 12.6. The van der Waals surface area contributed by atoms with Gasteiger partial charge in [-0.05, 0) is 44.6 Å². The molecule has 0 rings (SSSR count). The van der Waals surface area contributed by atoms with Gasteiger partial charge in [-0.2, -0.15) is 0 Å². The van der Waals surface area contributed by atoms with Crippen molar-refractivity contribution < 1.29 is 0 Å². The average Bonchev–Trinajstić information content (AvgIpc) is 2.27. The van der Waals surface area contributed by atoms with E-state index in [0.29, 0.717) is 5.92 Å². The number of rotatable bonds is 7. The van der Waals surface area contributed by atoms with Gasteiger partial charge >= 0.3 is 0 Å². The predicted molar refractivity (Wildman–Crippen MR) is 75.6 cm³/mol. The Balaban J connectivity index is 4.84. The van der Waals surface area contributed by atoms with Gasteiger partial charge in [0.15, 0.2) is 0 Å². The second-order valence-corrected chi connectivity index (χ2v) is 4.73. The normalized spacial score (nSPS) is 15.7. The number of hydrogen-bond donors (Lipinski definition) is 0. The zero-order valence-electron chi connectivity index (χ0n) is 11.8. The van der Waals surface area contributed by atoms with Crippen molar-refractivity contribution in [2.24, 2.45) is 5.92 Å². The molecule has 0 nitrogen and oxygen atoms in total. The summed E-state index contributed by atoms with van der Waals surface area (Å²) in [4.78, 5) is 0. The molecule has 0 N–H and O–H groups in total. The van der Waals surface area contributed by atoms with Gasteiger partial charge in [0, 0.05) is 0 Å². The lowest BCUT2D eigenvalue weighted by Crippen LogP contribution is -1.97. The fraction of sp³-hybridized carbons (Fsp3) is 0.625. The summed E-state index contributed by atoms with van der Waals surface area (Å²) < 4.78 is 0. The molecule has 0 saturated heterocycles. The molecule has 0 aromatic carbocycles. The fourth-order valence-corrected chi connectivity index (χ4v) is 1.82. The topological polar surface area (TPSA) is 0 Å². The molecule has 16 heavy (non-hydrogen) atoms. The van der Waals surface area contributed by atoms with Crippen LogP contribution in [0.1, 0.15) is 60.3 Å². The summed E-state index contributed by atoms with van der Waals surface area (Å²) in [7, 11) is 0. The van der Waals surface area contributed by atoms with Gasteiger partial charge in [0.2, 0.25) is 0 Å². The second kappa shape index (κ2) is 8.38. The lowest BCUT2D eigenvalue weighted by atomic mass is 9.93. The van der Waals surface area contributed by atoms with Crippen molar-refractivity contribution in [3.63, 3.8) is 0 Å². The molecular weight excluding hydrogens is 192 g/mol. The van der Waals surface area contributed by atoms with Crippen molar-refractivity contribution in [1.29, 1.82) is 0 Å². The molecular formula is C16H28. The van der Waals surface area contributed by atoms with E-state index in [1.54, 1.807) is 0 Å². The molecule has 0 heteroatoms. The van der Waals surface area contributed by atoms with Gasteiger partial charge in [-0.25, -0.2) is 0 Å². The number of allylic oxidation sites excluding steroid dienone is 5. The van der Waals surface area contributed by atoms with Crippen LogP contribution in [-0.4, -0.2) is 0 Å². The largest absolute Gasteiger partial charge is 0.103 e. The van der Waals surface area contributed by atoms with Crippen LogP contribution in [0.5, 0.6) is 0 Å². The summed E-state index contributed by atoms with van der Waals surface area (Å²) in [5, 5.41) is 0. The average molecular weight is 220 g/mol. The third-order valence-electron chi connectivity index (χ3n) is 3.34. The summed E-state index contributed by atoms with van der Waals surface area (Å²) in [6, 6.07) is 0. The third kappa shape index (κ3) is 5.34. The van der Waals surface area contributed by atoms with E-state index < -0.39 is 0 Å². The van der Waals surface area contributed by atoms with Crippen LogP contribution < -0.4 is 0 Å². The first-order valence-electron chi connectivity index (χ1n) is 6.54. The van der Waals surface area contributed by atoms with Gasteiger partial charge < -0.3 is 0 Å². The Bertz CT molecular complexity index is 266. The molecule has 0 aliphatic rings. The van der Waals surface area contributed by atoms with E-state index in [-0.39, 0.29) is 0 Å². The number of hydrogen-bond acceptors (Lipinski definition) is 0. The molecule has 0 bridgehead atoms. The molecule has 1 atom stereocenters. The van der Waals surface area contributed by atoms with E-state index in [1.165, 1.54) is 29.6 Å². The summed E-state index contributed by atoms with van der Waals surface area (Å²) in [6.45, 7) is 15.1. The van der Waals surface area contributed by atoms with Crippen molar-refractivity contribution in [3.05, 3.63) is 35.5 Å². The SMILES string of the molecule is C=CCC(C=C(C)C(C)CCC)=C(C)CC. The molecule has 0 spiro atoms. The maximum absolute atomic E-state index is 3.84. The summed E-state index contributed by atoms with van der Waals surface area (Å²) in [5.74, 6) is 0.703. The van der Waals surface area contributed by atoms with Crippen LogP contribution in [0.2, 0.25) is 0 Å². The molecule has 0 aliphatic carbocycles. The fourth-order valence-electron chi connectivity index (χ4n) is 1.82. The van der Waals surface area contributed by atoms with Crippen LogP contribution in [-0.2, 0) is 0 Å². The monoisotopic (exact) mass is 220 g/mol. The van der Waals surface area contributed by atoms with Crippen molar-refractivity contribution in [2.45, 2.75) is 60.3 Å². The van der Waals surface area contributed by atoms with Gasteiger partial charge in [0.25, 0.3) is 0 Å².